The van der Waals surface area contributed by atoms with Crippen LogP contribution in [0.5, 0.6) is 0 Å². The van der Waals surface area contributed by atoms with Gasteiger partial charge in [0.2, 0.25) is 0 Å². The van der Waals surface area contributed by atoms with Crippen molar-refractivity contribution in [3.05, 3.63) is 146 Å². The summed E-state index contributed by atoms with van der Waals surface area (Å²) in [4.78, 5) is 8.30. The number of rotatable bonds is 4. The Balaban J connectivity index is 1.32. The van der Waals surface area contributed by atoms with Gasteiger partial charge in [-0.1, -0.05) is 97.1 Å². The number of fused-ring (bicyclic) bond motifs is 8. The number of aromatic nitrogens is 1. The molecule has 9 rings (SSSR count). The molecule has 43 heavy (non-hydrogen) atoms. The van der Waals surface area contributed by atoms with Crippen molar-refractivity contribution in [2.24, 2.45) is 0 Å². The fourth-order valence-electron chi connectivity index (χ4n) is 6.32. The van der Waals surface area contributed by atoms with Crippen molar-refractivity contribution in [1.29, 1.82) is 0 Å². The molecule has 0 fully saturated rings. The van der Waals surface area contributed by atoms with Crippen molar-refractivity contribution < 1.29 is 4.42 Å². The van der Waals surface area contributed by atoms with Crippen LogP contribution in [0.2, 0.25) is 0 Å². The molecule has 0 saturated heterocycles. The molecule has 0 N–H and O–H groups in total. The van der Waals surface area contributed by atoms with Crippen LogP contribution in [-0.4, -0.2) is 4.98 Å². The molecular formula is C39H24N2OS. The van der Waals surface area contributed by atoms with Crippen LogP contribution in [0.3, 0.4) is 0 Å². The lowest BCUT2D eigenvalue weighted by Gasteiger charge is -2.26. The van der Waals surface area contributed by atoms with Crippen molar-refractivity contribution in [3.8, 4) is 11.1 Å². The highest BCUT2D eigenvalue weighted by molar-refractivity contribution is 7.26. The van der Waals surface area contributed by atoms with Gasteiger partial charge in [0.05, 0.1) is 10.4 Å². The second-order valence-corrected chi connectivity index (χ2v) is 11.8. The minimum absolute atomic E-state index is 0.874. The van der Waals surface area contributed by atoms with Gasteiger partial charge in [0.15, 0.2) is 0 Å². The van der Waals surface area contributed by atoms with Crippen LogP contribution in [0.15, 0.2) is 150 Å². The van der Waals surface area contributed by atoms with Gasteiger partial charge in [-0.3, -0.25) is 0 Å². The third-order valence-electron chi connectivity index (χ3n) is 8.30. The molecule has 3 nitrogen and oxygen atoms in total. The van der Waals surface area contributed by atoms with E-state index < -0.39 is 0 Å². The first kappa shape index (κ1) is 24.2. The number of para-hydroxylation sites is 1. The van der Waals surface area contributed by atoms with Crippen LogP contribution in [0.4, 0.5) is 17.1 Å². The molecule has 0 saturated carbocycles. The predicted molar refractivity (Wildman–Crippen MR) is 182 cm³/mol. The summed E-state index contributed by atoms with van der Waals surface area (Å²) in [5, 5.41) is 7.07. The molecule has 0 unspecified atom stereocenters. The first-order chi connectivity index (χ1) is 21.3. The van der Waals surface area contributed by atoms with E-state index in [9.17, 15) is 0 Å². The Morgan fingerprint density at radius 2 is 1.26 bits per heavy atom. The van der Waals surface area contributed by atoms with Gasteiger partial charge >= 0.3 is 0 Å². The summed E-state index contributed by atoms with van der Waals surface area (Å²) >= 11 is 1.75. The van der Waals surface area contributed by atoms with Crippen LogP contribution in [0.1, 0.15) is 0 Å². The van der Waals surface area contributed by atoms with Crippen molar-refractivity contribution in [2.45, 2.75) is 0 Å². The van der Waals surface area contributed by atoms with Crippen LogP contribution >= 0.6 is 11.3 Å². The smallest absolute Gasteiger partial charge is 0.137 e. The second-order valence-electron chi connectivity index (χ2n) is 10.8. The largest absolute Gasteiger partial charge is 0.456 e. The minimum atomic E-state index is 0.874. The first-order valence-corrected chi connectivity index (χ1v) is 15.2. The molecule has 0 radical (unpaired) electrons. The maximum Gasteiger partial charge on any atom is 0.137 e. The molecule has 0 aliphatic heterocycles. The standard InChI is InChI=1S/C39H24N2OS/c1-2-10-25(11-3-1)26-13-8-14-28(22-26)41(29-20-21-32-31-16-6-7-19-35(31)42-36(32)23-29)34-18-9-17-33-37-30-15-5-4-12-27(30)24-40-39(37)43-38(33)34/h1-24H. The molecule has 0 bridgehead atoms. The molecule has 0 spiro atoms. The second kappa shape index (κ2) is 9.55. The zero-order valence-corrected chi connectivity index (χ0v) is 23.9. The average Bonchev–Trinajstić information content (AvgIpc) is 3.64. The predicted octanol–water partition coefficient (Wildman–Crippen LogP) is 11.6. The molecule has 9 aromatic rings. The number of furan rings is 1. The minimum Gasteiger partial charge on any atom is -0.456 e. The summed E-state index contributed by atoms with van der Waals surface area (Å²) in [5.74, 6) is 0. The molecule has 0 amide bonds. The van der Waals surface area contributed by atoms with Gasteiger partial charge < -0.3 is 9.32 Å². The molecular weight excluding hydrogens is 545 g/mol. The molecule has 0 aliphatic rings. The Morgan fingerprint density at radius 3 is 2.19 bits per heavy atom. The monoisotopic (exact) mass is 568 g/mol. The number of anilines is 3. The van der Waals surface area contributed by atoms with E-state index in [1.54, 1.807) is 11.3 Å². The fraction of sp³-hybridized carbons (Fsp3) is 0. The van der Waals surface area contributed by atoms with Gasteiger partial charge in [-0.2, -0.15) is 0 Å². The van der Waals surface area contributed by atoms with E-state index >= 15 is 0 Å². The summed E-state index contributed by atoms with van der Waals surface area (Å²) in [5.41, 5.74) is 7.37. The van der Waals surface area contributed by atoms with Crippen molar-refractivity contribution >= 4 is 81.4 Å². The van der Waals surface area contributed by atoms with Crippen LogP contribution in [0, 0.1) is 0 Å². The van der Waals surface area contributed by atoms with Crippen molar-refractivity contribution in [3.63, 3.8) is 0 Å². The maximum absolute atomic E-state index is 6.36. The van der Waals surface area contributed by atoms with E-state index in [1.165, 1.54) is 32.0 Å². The van der Waals surface area contributed by atoms with Gasteiger partial charge in [0.1, 0.15) is 16.0 Å². The third kappa shape index (κ3) is 3.84. The third-order valence-corrected chi connectivity index (χ3v) is 9.44. The first-order valence-electron chi connectivity index (χ1n) is 14.4. The van der Waals surface area contributed by atoms with E-state index in [-0.39, 0.29) is 0 Å². The SMILES string of the molecule is c1ccc(-c2cccc(N(c3ccc4c(c3)oc3ccccc34)c3cccc4c3sc3ncc5ccccc5c34)c2)cc1. The molecule has 0 aliphatic carbocycles. The number of pyridine rings is 1. The van der Waals surface area contributed by atoms with E-state index in [4.69, 9.17) is 9.40 Å². The summed E-state index contributed by atoms with van der Waals surface area (Å²) < 4.78 is 7.56. The highest BCUT2D eigenvalue weighted by Gasteiger charge is 2.21. The van der Waals surface area contributed by atoms with E-state index in [0.29, 0.717) is 0 Å². The highest BCUT2D eigenvalue weighted by Crippen LogP contribution is 2.47. The summed E-state index contributed by atoms with van der Waals surface area (Å²) in [6.45, 7) is 0. The Hall–Kier alpha value is -5.45. The molecule has 6 aromatic carbocycles. The zero-order valence-electron chi connectivity index (χ0n) is 23.1. The Kier molecular flexibility index (Phi) is 5.37. The van der Waals surface area contributed by atoms with E-state index in [2.05, 4.69) is 132 Å². The van der Waals surface area contributed by atoms with Crippen LogP contribution in [0.25, 0.3) is 64.1 Å². The summed E-state index contributed by atoms with van der Waals surface area (Å²) in [7, 11) is 0. The van der Waals surface area contributed by atoms with Gasteiger partial charge in [-0.05, 0) is 52.9 Å². The zero-order chi connectivity index (χ0) is 28.3. The summed E-state index contributed by atoms with van der Waals surface area (Å²) in [6.07, 6.45) is 1.99. The van der Waals surface area contributed by atoms with Gasteiger partial charge in [0, 0.05) is 50.6 Å². The molecule has 3 heterocycles. The molecule has 202 valence electrons. The van der Waals surface area contributed by atoms with Crippen LogP contribution in [-0.2, 0) is 0 Å². The normalized spacial score (nSPS) is 11.7. The number of hydrogen-bond acceptors (Lipinski definition) is 4. The number of hydrogen-bond donors (Lipinski definition) is 0. The van der Waals surface area contributed by atoms with Crippen molar-refractivity contribution in [2.75, 3.05) is 4.90 Å². The Labute approximate surface area is 251 Å². The number of benzene rings is 6. The lowest BCUT2D eigenvalue weighted by atomic mass is 10.0. The lowest BCUT2D eigenvalue weighted by molar-refractivity contribution is 0.669. The van der Waals surface area contributed by atoms with Crippen LogP contribution < -0.4 is 4.90 Å². The molecule has 0 atom stereocenters. The Bertz CT molecular complexity index is 2470. The van der Waals surface area contributed by atoms with Gasteiger partial charge in [0.25, 0.3) is 0 Å². The maximum atomic E-state index is 6.36. The quantitative estimate of drug-likeness (QED) is 0.211. The van der Waals surface area contributed by atoms with E-state index in [1.807, 2.05) is 18.3 Å². The van der Waals surface area contributed by atoms with Crippen molar-refractivity contribution in [1.82, 2.24) is 4.98 Å². The summed E-state index contributed by atoms with van der Waals surface area (Å²) in [6, 6.07) is 49.3. The molecule has 4 heteroatoms. The fourth-order valence-corrected chi connectivity index (χ4v) is 7.49. The lowest BCUT2D eigenvalue weighted by Crippen LogP contribution is -2.10. The van der Waals surface area contributed by atoms with E-state index in [0.717, 1.165) is 49.2 Å². The van der Waals surface area contributed by atoms with Gasteiger partial charge in [-0.25, -0.2) is 4.98 Å². The Morgan fingerprint density at radius 1 is 0.535 bits per heavy atom. The number of thiophene rings is 1. The highest BCUT2D eigenvalue weighted by atomic mass is 32.1. The average molecular weight is 569 g/mol. The number of nitrogens with zero attached hydrogens (tertiary/aromatic N) is 2. The topological polar surface area (TPSA) is 29.3 Å². The molecule has 3 aromatic heterocycles. The van der Waals surface area contributed by atoms with Gasteiger partial charge in [-0.15, -0.1) is 11.3 Å².